The molecular formula is C26H18INO3. The van der Waals surface area contributed by atoms with Gasteiger partial charge in [-0.25, -0.2) is 4.79 Å². The van der Waals surface area contributed by atoms with Crippen molar-refractivity contribution in [3.63, 3.8) is 0 Å². The largest absolute Gasteiger partial charge is 0.423 e. The fourth-order valence-corrected chi connectivity index (χ4v) is 3.84. The lowest BCUT2D eigenvalue weighted by atomic mass is 10.0. The van der Waals surface area contributed by atoms with E-state index in [9.17, 15) is 9.59 Å². The van der Waals surface area contributed by atoms with Crippen molar-refractivity contribution >= 4 is 45.2 Å². The Morgan fingerprint density at radius 1 is 0.935 bits per heavy atom. The number of carbonyl (C=O) groups excluding carboxylic acids is 1. The van der Waals surface area contributed by atoms with Crippen LogP contribution in [0.3, 0.4) is 0 Å². The molecular weight excluding hydrogens is 501 g/mol. The van der Waals surface area contributed by atoms with Gasteiger partial charge < -0.3 is 9.32 Å². The van der Waals surface area contributed by atoms with E-state index in [1.807, 2.05) is 54.6 Å². The van der Waals surface area contributed by atoms with E-state index < -0.39 is 5.63 Å². The second kappa shape index (κ2) is 9.19. The van der Waals surface area contributed by atoms with Gasteiger partial charge in [0.25, 0.3) is 0 Å². The number of rotatable bonds is 3. The molecule has 4 aromatic rings. The van der Waals surface area contributed by atoms with Crippen LogP contribution in [0.25, 0.3) is 11.0 Å². The van der Waals surface area contributed by atoms with Crippen molar-refractivity contribution in [1.29, 1.82) is 0 Å². The second-order valence-electron chi connectivity index (χ2n) is 6.96. The summed E-state index contributed by atoms with van der Waals surface area (Å²) in [6, 6.07) is 24.0. The molecule has 0 aliphatic rings. The molecule has 0 saturated carbocycles. The van der Waals surface area contributed by atoms with Gasteiger partial charge in [-0.05, 0) is 64.6 Å². The van der Waals surface area contributed by atoms with Gasteiger partial charge in [0.05, 0.1) is 17.7 Å². The summed E-state index contributed by atoms with van der Waals surface area (Å²) in [5, 5.41) is 0.689. The van der Waals surface area contributed by atoms with Crippen molar-refractivity contribution in [2.45, 2.75) is 6.42 Å². The average Bonchev–Trinajstić information content (AvgIpc) is 2.79. The highest BCUT2D eigenvalue weighted by atomic mass is 127. The summed E-state index contributed by atoms with van der Waals surface area (Å²) in [7, 11) is 1.74. The molecule has 4 rings (SSSR count). The van der Waals surface area contributed by atoms with Gasteiger partial charge in [0.1, 0.15) is 5.58 Å². The Hall–Kier alpha value is -3.37. The summed E-state index contributed by atoms with van der Waals surface area (Å²) in [5.41, 5.74) is 3.15. The molecule has 0 radical (unpaired) electrons. The Labute approximate surface area is 193 Å². The number of nitrogens with zero attached hydrogens (tertiary/aromatic N) is 1. The van der Waals surface area contributed by atoms with Crippen LogP contribution < -0.4 is 10.5 Å². The van der Waals surface area contributed by atoms with Gasteiger partial charge in [0, 0.05) is 27.6 Å². The summed E-state index contributed by atoms with van der Waals surface area (Å²) in [6.07, 6.45) is 0.281. The van der Waals surface area contributed by atoms with E-state index in [2.05, 4.69) is 34.4 Å². The Kier molecular flexibility index (Phi) is 6.19. The first kappa shape index (κ1) is 20.9. The zero-order valence-electron chi connectivity index (χ0n) is 16.8. The summed E-state index contributed by atoms with van der Waals surface area (Å²) < 4.78 is 6.38. The molecule has 0 N–H and O–H groups in total. The molecule has 0 aliphatic carbocycles. The van der Waals surface area contributed by atoms with Crippen molar-refractivity contribution in [3.05, 3.63) is 110 Å². The Morgan fingerprint density at radius 2 is 1.68 bits per heavy atom. The van der Waals surface area contributed by atoms with Crippen molar-refractivity contribution in [2.24, 2.45) is 0 Å². The lowest BCUT2D eigenvalue weighted by molar-refractivity contribution is -0.117. The standard InChI is InChI=1S/C26H18INO3/c1-28(25(29)17-19-9-5-6-10-22(19)27)23-14-15-24-21(13-16-26(30)31-24)20(23)12-11-18-7-3-2-4-8-18/h2-10,13-16H,17H2,1H3. The van der Waals surface area contributed by atoms with Gasteiger partial charge in [-0.1, -0.05) is 48.2 Å². The molecule has 152 valence electrons. The summed E-state index contributed by atoms with van der Waals surface area (Å²) >= 11 is 2.24. The van der Waals surface area contributed by atoms with Crippen LogP contribution in [0.2, 0.25) is 0 Å². The second-order valence-corrected chi connectivity index (χ2v) is 8.13. The maximum atomic E-state index is 13.1. The highest BCUT2D eigenvalue weighted by Crippen LogP contribution is 2.28. The Morgan fingerprint density at radius 3 is 2.45 bits per heavy atom. The van der Waals surface area contributed by atoms with Crippen LogP contribution in [-0.4, -0.2) is 13.0 Å². The molecule has 0 atom stereocenters. The molecule has 31 heavy (non-hydrogen) atoms. The molecule has 0 unspecified atom stereocenters. The lowest BCUT2D eigenvalue weighted by Crippen LogP contribution is -2.28. The molecule has 0 saturated heterocycles. The highest BCUT2D eigenvalue weighted by molar-refractivity contribution is 14.1. The molecule has 1 aromatic heterocycles. The van der Waals surface area contributed by atoms with Crippen molar-refractivity contribution in [1.82, 2.24) is 0 Å². The number of halogens is 1. The first-order chi connectivity index (χ1) is 15.0. The van der Waals surface area contributed by atoms with Gasteiger partial charge in [-0.2, -0.15) is 0 Å². The number of hydrogen-bond donors (Lipinski definition) is 0. The molecule has 5 heteroatoms. The van der Waals surface area contributed by atoms with Crippen LogP contribution in [0.1, 0.15) is 16.7 Å². The van der Waals surface area contributed by atoms with Crippen molar-refractivity contribution in [2.75, 3.05) is 11.9 Å². The maximum Gasteiger partial charge on any atom is 0.336 e. The smallest absolute Gasteiger partial charge is 0.336 e. The minimum absolute atomic E-state index is 0.0522. The van der Waals surface area contributed by atoms with E-state index in [0.29, 0.717) is 22.2 Å². The number of carbonyl (C=O) groups is 1. The van der Waals surface area contributed by atoms with Crippen LogP contribution in [-0.2, 0) is 11.2 Å². The predicted octanol–water partition coefficient (Wildman–Crippen LogP) is 5.00. The predicted molar refractivity (Wildman–Crippen MR) is 131 cm³/mol. The fourth-order valence-electron chi connectivity index (χ4n) is 3.26. The molecule has 1 amide bonds. The monoisotopic (exact) mass is 519 g/mol. The molecule has 1 heterocycles. The van der Waals surface area contributed by atoms with Gasteiger partial charge in [0.2, 0.25) is 5.91 Å². The Bertz CT molecular complexity index is 1380. The van der Waals surface area contributed by atoms with Crippen LogP contribution in [0.15, 0.2) is 88.1 Å². The third-order valence-electron chi connectivity index (χ3n) is 4.92. The first-order valence-electron chi connectivity index (χ1n) is 9.67. The van der Waals surface area contributed by atoms with E-state index >= 15 is 0 Å². The molecule has 0 spiro atoms. The number of anilines is 1. The highest BCUT2D eigenvalue weighted by Gasteiger charge is 2.18. The number of fused-ring (bicyclic) bond motifs is 1. The zero-order valence-corrected chi connectivity index (χ0v) is 18.9. The SMILES string of the molecule is CN(C(=O)Cc1ccccc1I)c1ccc2oc(=O)ccc2c1C#Cc1ccccc1. The fraction of sp³-hybridized carbons (Fsp3) is 0.0769. The van der Waals surface area contributed by atoms with E-state index in [-0.39, 0.29) is 12.3 Å². The van der Waals surface area contributed by atoms with Crippen LogP contribution >= 0.6 is 22.6 Å². The van der Waals surface area contributed by atoms with Crippen molar-refractivity contribution in [3.8, 4) is 11.8 Å². The average molecular weight is 519 g/mol. The summed E-state index contributed by atoms with van der Waals surface area (Å²) in [5.74, 6) is 6.30. The minimum atomic E-state index is -0.426. The number of amides is 1. The number of benzene rings is 3. The van der Waals surface area contributed by atoms with Gasteiger partial charge in [-0.3, -0.25) is 4.79 Å². The number of hydrogen-bond acceptors (Lipinski definition) is 3. The van der Waals surface area contributed by atoms with Gasteiger partial charge in [0.15, 0.2) is 0 Å². The zero-order chi connectivity index (χ0) is 21.8. The van der Waals surface area contributed by atoms with Gasteiger partial charge in [-0.15, -0.1) is 0 Å². The topological polar surface area (TPSA) is 50.5 Å². The molecule has 0 fully saturated rings. The minimum Gasteiger partial charge on any atom is -0.423 e. The summed E-state index contributed by atoms with van der Waals surface area (Å²) in [6.45, 7) is 0. The van der Waals surface area contributed by atoms with Crippen molar-refractivity contribution < 1.29 is 9.21 Å². The summed E-state index contributed by atoms with van der Waals surface area (Å²) in [4.78, 5) is 26.4. The van der Waals surface area contributed by atoms with Gasteiger partial charge >= 0.3 is 5.63 Å². The third kappa shape index (κ3) is 4.70. The van der Waals surface area contributed by atoms with E-state index in [4.69, 9.17) is 4.42 Å². The van der Waals surface area contributed by atoms with Crippen LogP contribution in [0.4, 0.5) is 5.69 Å². The normalized spacial score (nSPS) is 10.4. The number of likely N-dealkylation sites (N-methyl/N-ethyl adjacent to an activating group) is 1. The quantitative estimate of drug-likeness (QED) is 0.218. The van der Waals surface area contributed by atoms with Crippen LogP contribution in [0, 0.1) is 15.4 Å². The van der Waals surface area contributed by atoms with Crippen LogP contribution in [0.5, 0.6) is 0 Å². The first-order valence-corrected chi connectivity index (χ1v) is 10.7. The molecule has 3 aromatic carbocycles. The van der Waals surface area contributed by atoms with E-state index in [0.717, 1.165) is 14.7 Å². The molecule has 0 bridgehead atoms. The van der Waals surface area contributed by atoms with E-state index in [1.165, 1.54) is 6.07 Å². The lowest BCUT2D eigenvalue weighted by Gasteiger charge is -2.20. The Balaban J connectivity index is 1.78. The van der Waals surface area contributed by atoms with E-state index in [1.54, 1.807) is 30.1 Å². The maximum absolute atomic E-state index is 13.1. The molecule has 0 aliphatic heterocycles. The molecule has 4 nitrogen and oxygen atoms in total. The third-order valence-corrected chi connectivity index (χ3v) is 5.97.